The number of hydrogen-bond donors (Lipinski definition) is 1. The summed E-state index contributed by atoms with van der Waals surface area (Å²) in [5, 5.41) is 6.78. The summed E-state index contributed by atoms with van der Waals surface area (Å²) in [6.45, 7) is 9.24. The lowest BCUT2D eigenvalue weighted by molar-refractivity contribution is 0.673. The molecule has 0 amide bonds. The lowest BCUT2D eigenvalue weighted by Gasteiger charge is -2.22. The molecule has 0 spiro atoms. The normalized spacial score (nSPS) is 10.9. The van der Waals surface area contributed by atoms with E-state index in [0.717, 1.165) is 36.8 Å². The van der Waals surface area contributed by atoms with Crippen molar-refractivity contribution in [1.82, 2.24) is 10.3 Å². The maximum Gasteiger partial charge on any atom is 0.0898 e. The van der Waals surface area contributed by atoms with Crippen LogP contribution in [0.3, 0.4) is 0 Å². The molecule has 0 aliphatic heterocycles. The van der Waals surface area contributed by atoms with Gasteiger partial charge in [-0.3, -0.25) is 0 Å². The van der Waals surface area contributed by atoms with E-state index in [0.29, 0.717) is 0 Å². The predicted molar refractivity (Wildman–Crippen MR) is 92.1 cm³/mol. The first kappa shape index (κ1) is 16.0. The second-order valence-electron chi connectivity index (χ2n) is 5.52. The molecule has 0 atom stereocenters. The third-order valence-corrected chi connectivity index (χ3v) is 4.28. The van der Waals surface area contributed by atoms with E-state index < -0.39 is 0 Å². The zero-order chi connectivity index (χ0) is 15.2. The van der Waals surface area contributed by atoms with Gasteiger partial charge in [0.2, 0.25) is 0 Å². The zero-order valence-electron chi connectivity index (χ0n) is 13.4. The standard InChI is InChI=1S/C17H25N3S/c1-5-8-18-10-15-9-13(2)6-7-17(15)20(4)11-16-12-21-14(3)19-16/h6-7,9,12,18H,5,8,10-11H2,1-4H3. The number of thiazole rings is 1. The Hall–Kier alpha value is -1.39. The molecule has 2 rings (SSSR count). The predicted octanol–water partition coefficient (Wildman–Crippen LogP) is 3.90. The SMILES string of the molecule is CCCNCc1cc(C)ccc1N(C)Cc1csc(C)n1. The minimum atomic E-state index is 0.855. The summed E-state index contributed by atoms with van der Waals surface area (Å²) in [7, 11) is 2.14. The Labute approximate surface area is 132 Å². The number of hydrogen-bond acceptors (Lipinski definition) is 4. The molecule has 114 valence electrons. The van der Waals surface area contributed by atoms with Gasteiger partial charge in [0.1, 0.15) is 0 Å². The van der Waals surface area contributed by atoms with Crippen molar-refractivity contribution in [1.29, 1.82) is 0 Å². The van der Waals surface area contributed by atoms with E-state index in [2.05, 4.69) is 66.6 Å². The average molecular weight is 303 g/mol. The van der Waals surface area contributed by atoms with Gasteiger partial charge in [0.15, 0.2) is 0 Å². The van der Waals surface area contributed by atoms with E-state index in [4.69, 9.17) is 0 Å². The van der Waals surface area contributed by atoms with Crippen molar-refractivity contribution >= 4 is 17.0 Å². The Morgan fingerprint density at radius 3 is 2.76 bits per heavy atom. The van der Waals surface area contributed by atoms with Crippen molar-refractivity contribution in [2.45, 2.75) is 40.3 Å². The number of nitrogens with one attached hydrogen (secondary N) is 1. The van der Waals surface area contributed by atoms with Crippen molar-refractivity contribution in [2.75, 3.05) is 18.5 Å². The molecule has 0 bridgehead atoms. The third kappa shape index (κ3) is 4.55. The van der Waals surface area contributed by atoms with Crippen molar-refractivity contribution in [3.8, 4) is 0 Å². The van der Waals surface area contributed by atoms with Gasteiger partial charge in [0, 0.05) is 24.7 Å². The molecule has 4 heteroatoms. The smallest absolute Gasteiger partial charge is 0.0898 e. The number of rotatable bonds is 7. The lowest BCUT2D eigenvalue weighted by Crippen LogP contribution is -2.21. The Morgan fingerprint density at radius 2 is 2.10 bits per heavy atom. The van der Waals surface area contributed by atoms with Gasteiger partial charge in [-0.2, -0.15) is 0 Å². The average Bonchev–Trinajstić information content (AvgIpc) is 2.84. The molecule has 1 heterocycles. The van der Waals surface area contributed by atoms with Crippen LogP contribution in [0, 0.1) is 13.8 Å². The summed E-state index contributed by atoms with van der Waals surface area (Å²) in [6, 6.07) is 6.68. The van der Waals surface area contributed by atoms with E-state index in [-0.39, 0.29) is 0 Å². The summed E-state index contributed by atoms with van der Waals surface area (Å²) in [4.78, 5) is 6.85. The van der Waals surface area contributed by atoms with Gasteiger partial charge in [-0.05, 0) is 38.4 Å². The zero-order valence-corrected chi connectivity index (χ0v) is 14.3. The molecule has 0 aliphatic rings. The van der Waals surface area contributed by atoms with Gasteiger partial charge in [-0.15, -0.1) is 11.3 Å². The van der Waals surface area contributed by atoms with Gasteiger partial charge in [-0.1, -0.05) is 24.6 Å². The second-order valence-corrected chi connectivity index (χ2v) is 6.59. The topological polar surface area (TPSA) is 28.2 Å². The molecule has 3 nitrogen and oxygen atoms in total. The Bertz CT molecular complexity index is 577. The fourth-order valence-electron chi connectivity index (χ4n) is 2.44. The van der Waals surface area contributed by atoms with Crippen LogP contribution in [0.5, 0.6) is 0 Å². The maximum absolute atomic E-state index is 4.56. The number of anilines is 1. The molecule has 1 aromatic heterocycles. The van der Waals surface area contributed by atoms with Crippen molar-refractivity contribution < 1.29 is 0 Å². The highest BCUT2D eigenvalue weighted by molar-refractivity contribution is 7.09. The first-order valence-corrected chi connectivity index (χ1v) is 8.40. The first-order chi connectivity index (χ1) is 10.1. The largest absolute Gasteiger partial charge is 0.368 e. The van der Waals surface area contributed by atoms with Crippen LogP contribution in [0.15, 0.2) is 23.6 Å². The van der Waals surface area contributed by atoms with E-state index in [1.54, 1.807) is 11.3 Å². The fourth-order valence-corrected chi connectivity index (χ4v) is 3.04. The van der Waals surface area contributed by atoms with Crippen LogP contribution in [0.2, 0.25) is 0 Å². The molecule has 1 aromatic carbocycles. The highest BCUT2D eigenvalue weighted by Crippen LogP contribution is 2.23. The van der Waals surface area contributed by atoms with Crippen molar-refractivity contribution in [2.24, 2.45) is 0 Å². The van der Waals surface area contributed by atoms with Crippen LogP contribution in [0.1, 0.15) is 35.2 Å². The summed E-state index contributed by atoms with van der Waals surface area (Å²) in [5.74, 6) is 0. The van der Waals surface area contributed by atoms with E-state index in [9.17, 15) is 0 Å². The number of aryl methyl sites for hydroxylation is 2. The lowest BCUT2D eigenvalue weighted by atomic mass is 10.1. The summed E-state index contributed by atoms with van der Waals surface area (Å²) in [5.41, 5.74) is 5.10. The highest BCUT2D eigenvalue weighted by atomic mass is 32.1. The molecule has 2 aromatic rings. The van der Waals surface area contributed by atoms with Crippen molar-refractivity contribution in [3.05, 3.63) is 45.4 Å². The number of benzene rings is 1. The highest BCUT2D eigenvalue weighted by Gasteiger charge is 2.09. The van der Waals surface area contributed by atoms with Gasteiger partial charge in [-0.25, -0.2) is 4.98 Å². The molecule has 0 saturated heterocycles. The van der Waals surface area contributed by atoms with Crippen LogP contribution in [-0.4, -0.2) is 18.6 Å². The molecule has 0 unspecified atom stereocenters. The first-order valence-electron chi connectivity index (χ1n) is 7.52. The van der Waals surface area contributed by atoms with Crippen LogP contribution in [0.25, 0.3) is 0 Å². The minimum absolute atomic E-state index is 0.855. The molecule has 0 aliphatic carbocycles. The van der Waals surface area contributed by atoms with E-state index in [1.165, 1.54) is 16.8 Å². The Balaban J connectivity index is 2.12. The van der Waals surface area contributed by atoms with Gasteiger partial charge in [0.05, 0.1) is 17.2 Å². The van der Waals surface area contributed by atoms with Gasteiger partial charge >= 0.3 is 0 Å². The summed E-state index contributed by atoms with van der Waals surface area (Å²) >= 11 is 1.71. The summed E-state index contributed by atoms with van der Waals surface area (Å²) in [6.07, 6.45) is 1.16. The number of nitrogens with zero attached hydrogens (tertiary/aromatic N) is 2. The molecular weight excluding hydrogens is 278 g/mol. The van der Waals surface area contributed by atoms with Crippen LogP contribution < -0.4 is 10.2 Å². The number of aromatic nitrogens is 1. The van der Waals surface area contributed by atoms with Gasteiger partial charge < -0.3 is 10.2 Å². The van der Waals surface area contributed by atoms with E-state index in [1.807, 2.05) is 0 Å². The molecule has 0 fully saturated rings. The van der Waals surface area contributed by atoms with Crippen molar-refractivity contribution in [3.63, 3.8) is 0 Å². The second kappa shape index (κ2) is 7.57. The molecular formula is C17H25N3S. The quantitative estimate of drug-likeness (QED) is 0.786. The molecule has 0 saturated carbocycles. The third-order valence-electron chi connectivity index (χ3n) is 3.45. The Kier molecular flexibility index (Phi) is 5.76. The van der Waals surface area contributed by atoms with Crippen LogP contribution in [0.4, 0.5) is 5.69 Å². The van der Waals surface area contributed by atoms with Crippen LogP contribution in [-0.2, 0) is 13.1 Å². The molecule has 1 N–H and O–H groups in total. The van der Waals surface area contributed by atoms with Gasteiger partial charge in [0.25, 0.3) is 0 Å². The summed E-state index contributed by atoms with van der Waals surface area (Å²) < 4.78 is 0. The monoisotopic (exact) mass is 303 g/mol. The molecule has 0 radical (unpaired) electrons. The fraction of sp³-hybridized carbons (Fsp3) is 0.471. The minimum Gasteiger partial charge on any atom is -0.368 e. The Morgan fingerprint density at radius 1 is 1.29 bits per heavy atom. The molecule has 21 heavy (non-hydrogen) atoms. The van der Waals surface area contributed by atoms with Crippen LogP contribution >= 0.6 is 11.3 Å². The maximum atomic E-state index is 4.56. The van der Waals surface area contributed by atoms with E-state index >= 15 is 0 Å².